The first kappa shape index (κ1) is 16.6. The van der Waals surface area contributed by atoms with Crippen LogP contribution in [0, 0.1) is 0 Å². The number of ether oxygens (including phenoxy) is 2. The highest BCUT2D eigenvalue weighted by Gasteiger charge is 2.29. The van der Waals surface area contributed by atoms with E-state index >= 15 is 0 Å². The highest BCUT2D eigenvalue weighted by molar-refractivity contribution is 5.68. The lowest BCUT2D eigenvalue weighted by molar-refractivity contribution is -0.0697. The second kappa shape index (κ2) is 6.97. The number of hydrogen-bond donors (Lipinski definition) is 1. The maximum atomic E-state index is 12.0. The van der Waals surface area contributed by atoms with Crippen LogP contribution in [0.4, 0.5) is 4.79 Å². The third-order valence-electron chi connectivity index (χ3n) is 4.12. The van der Waals surface area contributed by atoms with Crippen LogP contribution in [0.5, 0.6) is 0 Å². The Morgan fingerprint density at radius 3 is 2.05 bits per heavy atom. The van der Waals surface area contributed by atoms with E-state index in [2.05, 4.69) is 0 Å². The molecule has 1 saturated carbocycles. The normalized spacial score (nSPS) is 28.5. The molecule has 5 heteroatoms. The van der Waals surface area contributed by atoms with Crippen molar-refractivity contribution in [2.24, 2.45) is 0 Å². The van der Waals surface area contributed by atoms with Crippen LogP contribution in [-0.2, 0) is 9.47 Å². The van der Waals surface area contributed by atoms with E-state index in [0.717, 1.165) is 38.5 Å². The van der Waals surface area contributed by atoms with Crippen LogP contribution in [-0.4, -0.2) is 53.1 Å². The third kappa shape index (κ3) is 5.47. The Labute approximate surface area is 127 Å². The van der Waals surface area contributed by atoms with Gasteiger partial charge in [0, 0.05) is 13.1 Å². The van der Waals surface area contributed by atoms with Gasteiger partial charge in [-0.25, -0.2) is 4.79 Å². The topological polar surface area (TPSA) is 59.0 Å². The minimum atomic E-state index is -0.437. The molecular weight excluding hydrogens is 270 g/mol. The summed E-state index contributed by atoms with van der Waals surface area (Å²) in [5, 5.41) is 9.51. The lowest BCUT2D eigenvalue weighted by Gasteiger charge is -2.36. The molecule has 0 aromatic carbocycles. The van der Waals surface area contributed by atoms with Crippen LogP contribution in [0.25, 0.3) is 0 Å². The number of nitrogens with zero attached hydrogens (tertiary/aromatic N) is 1. The molecule has 1 heterocycles. The first-order chi connectivity index (χ1) is 9.83. The minimum Gasteiger partial charge on any atom is -0.444 e. The highest BCUT2D eigenvalue weighted by Crippen LogP contribution is 2.25. The molecule has 0 spiro atoms. The number of aliphatic hydroxyl groups excluding tert-OH is 1. The van der Waals surface area contributed by atoms with Crippen molar-refractivity contribution in [3.05, 3.63) is 0 Å². The number of amides is 1. The first-order valence-electron chi connectivity index (χ1n) is 8.15. The SMILES string of the molecule is CC(C)(C)OC(=O)N1CCC(O[C@H]2CC[C@H](O)CC2)CC1. The average Bonchev–Trinajstić information content (AvgIpc) is 2.40. The second-order valence-corrected chi connectivity index (χ2v) is 7.23. The molecule has 1 aliphatic carbocycles. The standard InChI is InChI=1S/C16H29NO4/c1-16(2,3)21-15(19)17-10-8-14(9-11-17)20-13-6-4-12(18)5-7-13/h12-14,18H,4-11H2,1-3H3/t12-,13-. The smallest absolute Gasteiger partial charge is 0.410 e. The van der Waals surface area contributed by atoms with Gasteiger partial charge in [0.05, 0.1) is 18.3 Å². The van der Waals surface area contributed by atoms with Crippen LogP contribution >= 0.6 is 0 Å². The number of carbonyl (C=O) groups is 1. The Kier molecular flexibility index (Phi) is 5.49. The molecule has 5 nitrogen and oxygen atoms in total. The zero-order valence-electron chi connectivity index (χ0n) is 13.5. The van der Waals surface area contributed by atoms with Crippen molar-refractivity contribution in [2.75, 3.05) is 13.1 Å². The van der Waals surface area contributed by atoms with Crippen molar-refractivity contribution in [3.8, 4) is 0 Å². The number of likely N-dealkylation sites (tertiary alicyclic amines) is 1. The summed E-state index contributed by atoms with van der Waals surface area (Å²) in [5.41, 5.74) is -0.437. The van der Waals surface area contributed by atoms with Crippen molar-refractivity contribution in [1.29, 1.82) is 0 Å². The minimum absolute atomic E-state index is 0.140. The molecule has 1 saturated heterocycles. The summed E-state index contributed by atoms with van der Waals surface area (Å²) in [6.07, 6.45) is 5.51. The number of carbonyl (C=O) groups excluding carboxylic acids is 1. The van der Waals surface area contributed by atoms with E-state index < -0.39 is 5.60 Å². The zero-order valence-corrected chi connectivity index (χ0v) is 13.5. The van der Waals surface area contributed by atoms with Crippen molar-refractivity contribution in [1.82, 2.24) is 4.90 Å². The van der Waals surface area contributed by atoms with Crippen molar-refractivity contribution in [2.45, 2.75) is 83.2 Å². The molecule has 122 valence electrons. The molecule has 2 rings (SSSR count). The molecule has 0 aromatic heterocycles. The van der Waals surface area contributed by atoms with Gasteiger partial charge in [-0.1, -0.05) is 0 Å². The Morgan fingerprint density at radius 1 is 1.00 bits per heavy atom. The number of piperidine rings is 1. The maximum Gasteiger partial charge on any atom is 0.410 e. The van der Waals surface area contributed by atoms with Crippen LogP contribution < -0.4 is 0 Å². The van der Waals surface area contributed by atoms with E-state index in [0.29, 0.717) is 13.1 Å². The van der Waals surface area contributed by atoms with E-state index in [-0.39, 0.29) is 24.4 Å². The molecule has 0 unspecified atom stereocenters. The summed E-state index contributed by atoms with van der Waals surface area (Å²) in [6.45, 7) is 7.07. The lowest BCUT2D eigenvalue weighted by atomic mass is 9.94. The molecule has 0 aromatic rings. The maximum absolute atomic E-state index is 12.0. The summed E-state index contributed by atoms with van der Waals surface area (Å²) < 4.78 is 11.5. The van der Waals surface area contributed by atoms with E-state index in [1.807, 2.05) is 20.8 Å². The number of aliphatic hydroxyl groups is 1. The van der Waals surface area contributed by atoms with Crippen molar-refractivity contribution >= 4 is 6.09 Å². The molecule has 0 radical (unpaired) electrons. The summed E-state index contributed by atoms with van der Waals surface area (Å²) in [4.78, 5) is 13.8. The fourth-order valence-electron chi connectivity index (χ4n) is 2.95. The summed E-state index contributed by atoms with van der Waals surface area (Å²) >= 11 is 0. The second-order valence-electron chi connectivity index (χ2n) is 7.23. The Bertz CT molecular complexity index is 337. The first-order valence-corrected chi connectivity index (χ1v) is 8.15. The predicted octanol–water partition coefficient (Wildman–Crippen LogP) is 2.71. The van der Waals surface area contributed by atoms with E-state index in [4.69, 9.17) is 9.47 Å². The van der Waals surface area contributed by atoms with Crippen LogP contribution in [0.2, 0.25) is 0 Å². The zero-order chi connectivity index (χ0) is 15.5. The van der Waals surface area contributed by atoms with Gasteiger partial charge in [-0.3, -0.25) is 0 Å². The fraction of sp³-hybridized carbons (Fsp3) is 0.938. The number of rotatable bonds is 2. The molecule has 21 heavy (non-hydrogen) atoms. The van der Waals surface area contributed by atoms with Gasteiger partial charge >= 0.3 is 6.09 Å². The van der Waals surface area contributed by atoms with Crippen molar-refractivity contribution in [3.63, 3.8) is 0 Å². The molecule has 0 atom stereocenters. The molecule has 0 bridgehead atoms. The Balaban J connectivity index is 1.69. The third-order valence-corrected chi connectivity index (χ3v) is 4.12. The van der Waals surface area contributed by atoms with Gasteiger partial charge in [0.25, 0.3) is 0 Å². The van der Waals surface area contributed by atoms with Crippen LogP contribution in [0.3, 0.4) is 0 Å². The number of hydrogen-bond acceptors (Lipinski definition) is 4. The van der Waals surface area contributed by atoms with Crippen LogP contribution in [0.1, 0.15) is 59.3 Å². The van der Waals surface area contributed by atoms with E-state index in [1.165, 1.54) is 0 Å². The molecule has 1 amide bonds. The van der Waals surface area contributed by atoms with Gasteiger partial charge in [0.1, 0.15) is 5.60 Å². The molecule has 1 aliphatic heterocycles. The largest absolute Gasteiger partial charge is 0.444 e. The quantitative estimate of drug-likeness (QED) is 0.851. The van der Waals surface area contributed by atoms with E-state index in [1.54, 1.807) is 4.90 Å². The van der Waals surface area contributed by atoms with Gasteiger partial charge in [0.15, 0.2) is 0 Å². The summed E-state index contributed by atoms with van der Waals surface area (Å²) in [5.74, 6) is 0. The van der Waals surface area contributed by atoms with Crippen LogP contribution in [0.15, 0.2) is 0 Å². The van der Waals surface area contributed by atoms with Gasteiger partial charge < -0.3 is 19.5 Å². The van der Waals surface area contributed by atoms with Gasteiger partial charge in [-0.2, -0.15) is 0 Å². The predicted molar refractivity (Wildman–Crippen MR) is 80.2 cm³/mol. The van der Waals surface area contributed by atoms with Crippen molar-refractivity contribution < 1.29 is 19.4 Å². The van der Waals surface area contributed by atoms with Gasteiger partial charge in [-0.15, -0.1) is 0 Å². The summed E-state index contributed by atoms with van der Waals surface area (Å²) in [7, 11) is 0. The molecule has 2 aliphatic rings. The van der Waals surface area contributed by atoms with Gasteiger partial charge in [-0.05, 0) is 59.3 Å². The van der Waals surface area contributed by atoms with Gasteiger partial charge in [0.2, 0.25) is 0 Å². The van der Waals surface area contributed by atoms with E-state index in [9.17, 15) is 9.90 Å². The summed E-state index contributed by atoms with van der Waals surface area (Å²) in [6, 6.07) is 0. The molecular formula is C16H29NO4. The monoisotopic (exact) mass is 299 g/mol. The average molecular weight is 299 g/mol. The Hall–Kier alpha value is -0.810. The Morgan fingerprint density at radius 2 is 1.52 bits per heavy atom. The highest BCUT2D eigenvalue weighted by atomic mass is 16.6. The fourth-order valence-corrected chi connectivity index (χ4v) is 2.95. The lowest BCUT2D eigenvalue weighted by Crippen LogP contribution is -2.44. The molecule has 2 fully saturated rings. The molecule has 1 N–H and O–H groups in total.